The maximum absolute atomic E-state index is 13.0. The van der Waals surface area contributed by atoms with Crippen molar-refractivity contribution in [1.82, 2.24) is 10.4 Å². The van der Waals surface area contributed by atoms with Gasteiger partial charge in [-0.05, 0) is 63.9 Å². The Kier molecular flexibility index (Phi) is 5.87. The van der Waals surface area contributed by atoms with Gasteiger partial charge < -0.3 is 4.74 Å². The van der Waals surface area contributed by atoms with Crippen molar-refractivity contribution in [3.8, 4) is 5.75 Å². The molecule has 0 aromatic heterocycles. The fourth-order valence-corrected chi connectivity index (χ4v) is 3.54. The highest BCUT2D eigenvalue weighted by Gasteiger charge is 2.31. The number of rotatable bonds is 2. The summed E-state index contributed by atoms with van der Waals surface area (Å²) >= 11 is 12.5. The predicted molar refractivity (Wildman–Crippen MR) is 110 cm³/mol. The van der Waals surface area contributed by atoms with E-state index in [9.17, 15) is 9.59 Å². The Morgan fingerprint density at radius 2 is 1.89 bits per heavy atom. The first-order valence-electron chi connectivity index (χ1n) is 9.04. The Bertz CT molecular complexity index is 922. The first-order chi connectivity index (χ1) is 13.2. The lowest BCUT2D eigenvalue weighted by atomic mass is 10.0. The van der Waals surface area contributed by atoms with Crippen LogP contribution in [-0.2, 0) is 6.42 Å². The number of ether oxygens (including phenoxy) is 1. The minimum atomic E-state index is -0.668. The van der Waals surface area contributed by atoms with E-state index in [1.165, 1.54) is 5.01 Å². The van der Waals surface area contributed by atoms with E-state index in [2.05, 4.69) is 5.43 Å². The molecule has 1 heterocycles. The van der Waals surface area contributed by atoms with Gasteiger partial charge in [0.1, 0.15) is 5.75 Å². The number of nitrogens with zero attached hydrogens (tertiary/aromatic N) is 1. The molecule has 0 spiro atoms. The van der Waals surface area contributed by atoms with Gasteiger partial charge in [-0.3, -0.25) is 15.0 Å². The second kappa shape index (κ2) is 8.02. The number of amides is 2. The summed E-state index contributed by atoms with van der Waals surface area (Å²) in [6.45, 7) is 6.13. The van der Waals surface area contributed by atoms with Crippen molar-refractivity contribution in [1.29, 1.82) is 0 Å². The van der Waals surface area contributed by atoms with Crippen molar-refractivity contribution in [3.63, 3.8) is 0 Å². The summed E-state index contributed by atoms with van der Waals surface area (Å²) in [7, 11) is 0. The molecule has 1 aliphatic heterocycles. The van der Waals surface area contributed by atoms with E-state index in [1.54, 1.807) is 36.4 Å². The Morgan fingerprint density at radius 3 is 2.57 bits per heavy atom. The molecular weight excluding hydrogens is 399 g/mol. The Labute approximate surface area is 174 Å². The van der Waals surface area contributed by atoms with Crippen LogP contribution in [0.5, 0.6) is 5.75 Å². The first kappa shape index (κ1) is 20.5. The SMILES string of the molecule is CC(C)(C)N(NC(=O)c1ccc2c(c1Cl)CCCO2)C(=O)c1cccc(Cl)c1. The van der Waals surface area contributed by atoms with Gasteiger partial charge in [0, 0.05) is 16.1 Å². The molecular formula is C21H22Cl2N2O3. The van der Waals surface area contributed by atoms with Gasteiger partial charge in [-0.25, -0.2) is 5.01 Å². The number of carbonyl (C=O) groups excluding carboxylic acids is 2. The van der Waals surface area contributed by atoms with Crippen LogP contribution in [0.3, 0.4) is 0 Å². The number of fused-ring (bicyclic) bond motifs is 1. The second-order valence-electron chi connectivity index (χ2n) is 7.62. The monoisotopic (exact) mass is 420 g/mol. The van der Waals surface area contributed by atoms with Crippen LogP contribution in [0.25, 0.3) is 0 Å². The van der Waals surface area contributed by atoms with E-state index in [-0.39, 0.29) is 5.91 Å². The minimum absolute atomic E-state index is 0.305. The van der Waals surface area contributed by atoms with E-state index < -0.39 is 11.4 Å². The second-order valence-corrected chi connectivity index (χ2v) is 8.43. The molecule has 7 heteroatoms. The third-order valence-corrected chi connectivity index (χ3v) is 5.10. The molecule has 0 saturated carbocycles. The van der Waals surface area contributed by atoms with Gasteiger partial charge in [-0.15, -0.1) is 0 Å². The molecule has 2 aromatic rings. The molecule has 28 heavy (non-hydrogen) atoms. The van der Waals surface area contributed by atoms with Crippen molar-refractivity contribution < 1.29 is 14.3 Å². The molecule has 0 unspecified atom stereocenters. The van der Waals surface area contributed by atoms with E-state index in [0.717, 1.165) is 18.4 Å². The average molecular weight is 421 g/mol. The molecule has 1 aliphatic rings. The molecule has 2 aromatic carbocycles. The summed E-state index contributed by atoms with van der Waals surface area (Å²) < 4.78 is 5.59. The minimum Gasteiger partial charge on any atom is -0.493 e. The zero-order valence-electron chi connectivity index (χ0n) is 16.0. The number of halogens is 2. The predicted octanol–water partition coefficient (Wildman–Crippen LogP) is 4.90. The van der Waals surface area contributed by atoms with E-state index in [1.807, 2.05) is 20.8 Å². The maximum atomic E-state index is 13.0. The van der Waals surface area contributed by atoms with Crippen LogP contribution in [0, 0.1) is 0 Å². The molecule has 0 saturated heterocycles. The van der Waals surface area contributed by atoms with Gasteiger partial charge in [0.15, 0.2) is 0 Å². The first-order valence-corrected chi connectivity index (χ1v) is 9.79. The van der Waals surface area contributed by atoms with Crippen molar-refractivity contribution in [2.24, 2.45) is 0 Å². The van der Waals surface area contributed by atoms with Gasteiger partial charge in [-0.2, -0.15) is 0 Å². The van der Waals surface area contributed by atoms with Gasteiger partial charge >= 0.3 is 0 Å². The van der Waals surface area contributed by atoms with Crippen molar-refractivity contribution in [2.45, 2.75) is 39.2 Å². The largest absolute Gasteiger partial charge is 0.493 e. The third kappa shape index (κ3) is 4.26. The summed E-state index contributed by atoms with van der Waals surface area (Å²) in [5, 5.41) is 2.11. The molecule has 0 atom stereocenters. The summed E-state index contributed by atoms with van der Waals surface area (Å²) in [6.07, 6.45) is 1.60. The summed E-state index contributed by atoms with van der Waals surface area (Å²) in [4.78, 5) is 26.0. The van der Waals surface area contributed by atoms with Crippen LogP contribution in [0.4, 0.5) is 0 Å². The molecule has 0 bridgehead atoms. The number of carbonyl (C=O) groups is 2. The number of benzene rings is 2. The fraction of sp³-hybridized carbons (Fsp3) is 0.333. The Hall–Kier alpha value is -2.24. The smallest absolute Gasteiger partial charge is 0.272 e. The summed E-state index contributed by atoms with van der Waals surface area (Å²) in [6, 6.07) is 9.97. The fourth-order valence-electron chi connectivity index (χ4n) is 3.01. The van der Waals surface area contributed by atoms with Crippen LogP contribution in [0.1, 0.15) is 53.5 Å². The number of hydrogen-bond donors (Lipinski definition) is 1. The highest BCUT2D eigenvalue weighted by atomic mass is 35.5. The van der Waals surface area contributed by atoms with E-state index in [0.29, 0.717) is 33.5 Å². The molecule has 0 radical (unpaired) electrons. The quantitative estimate of drug-likeness (QED) is 0.702. The van der Waals surface area contributed by atoms with Gasteiger partial charge in [0.25, 0.3) is 11.8 Å². The van der Waals surface area contributed by atoms with Gasteiger partial charge in [-0.1, -0.05) is 29.3 Å². The summed E-state index contributed by atoms with van der Waals surface area (Å²) in [5.41, 5.74) is 3.56. The number of nitrogens with one attached hydrogen (secondary N) is 1. The normalized spacial score (nSPS) is 13.3. The van der Waals surface area contributed by atoms with Crippen molar-refractivity contribution >= 4 is 35.0 Å². The standard InChI is InChI=1S/C21H22Cl2N2O3/c1-21(2,3)25(20(27)13-6-4-7-14(22)12-13)24-19(26)16-9-10-17-15(18(16)23)8-5-11-28-17/h4,6-7,9-10,12H,5,8,11H2,1-3H3,(H,24,26). The van der Waals surface area contributed by atoms with E-state index in [4.69, 9.17) is 27.9 Å². The lowest BCUT2D eigenvalue weighted by Crippen LogP contribution is -2.56. The van der Waals surface area contributed by atoms with E-state index >= 15 is 0 Å². The lowest BCUT2D eigenvalue weighted by molar-refractivity contribution is 0.0358. The van der Waals surface area contributed by atoms with Crippen LogP contribution < -0.4 is 10.2 Å². The van der Waals surface area contributed by atoms with Crippen LogP contribution >= 0.6 is 23.2 Å². The van der Waals surface area contributed by atoms with Gasteiger partial charge in [0.05, 0.1) is 22.7 Å². The number of hydrazine groups is 1. The highest BCUT2D eigenvalue weighted by Crippen LogP contribution is 2.34. The average Bonchev–Trinajstić information content (AvgIpc) is 2.65. The molecule has 148 valence electrons. The number of hydrogen-bond acceptors (Lipinski definition) is 3. The van der Waals surface area contributed by atoms with Crippen molar-refractivity contribution in [2.75, 3.05) is 6.61 Å². The Morgan fingerprint density at radius 1 is 1.14 bits per heavy atom. The summed E-state index contributed by atoms with van der Waals surface area (Å²) in [5.74, 6) is -0.111. The van der Waals surface area contributed by atoms with Crippen LogP contribution in [-0.4, -0.2) is 29.0 Å². The third-order valence-electron chi connectivity index (χ3n) is 4.43. The molecule has 0 fully saturated rings. The molecule has 2 amide bonds. The lowest BCUT2D eigenvalue weighted by Gasteiger charge is -2.35. The zero-order valence-corrected chi connectivity index (χ0v) is 17.5. The molecule has 5 nitrogen and oxygen atoms in total. The van der Waals surface area contributed by atoms with Gasteiger partial charge in [0.2, 0.25) is 0 Å². The maximum Gasteiger partial charge on any atom is 0.272 e. The van der Waals surface area contributed by atoms with Crippen LogP contribution in [0.15, 0.2) is 36.4 Å². The molecule has 3 rings (SSSR count). The Balaban J connectivity index is 1.90. The topological polar surface area (TPSA) is 58.6 Å². The zero-order chi connectivity index (χ0) is 20.5. The molecule has 0 aliphatic carbocycles. The van der Waals surface area contributed by atoms with Crippen molar-refractivity contribution in [3.05, 3.63) is 63.1 Å². The van der Waals surface area contributed by atoms with Crippen LogP contribution in [0.2, 0.25) is 10.0 Å². The highest BCUT2D eigenvalue weighted by molar-refractivity contribution is 6.35. The molecule has 1 N–H and O–H groups in total.